The van der Waals surface area contributed by atoms with Crippen molar-refractivity contribution in [2.24, 2.45) is 0 Å². The quantitative estimate of drug-likeness (QED) is 0.748. The smallest absolute Gasteiger partial charge is 0.123 e. The van der Waals surface area contributed by atoms with Crippen molar-refractivity contribution in [3.05, 3.63) is 84.4 Å². The van der Waals surface area contributed by atoms with E-state index in [1.54, 1.807) is 24.5 Å². The molecule has 1 heterocycles. The summed E-state index contributed by atoms with van der Waals surface area (Å²) in [4.78, 5) is 4.23. The van der Waals surface area contributed by atoms with Gasteiger partial charge >= 0.3 is 0 Å². The molecule has 0 aliphatic heterocycles. The minimum absolute atomic E-state index is 0.0230. The summed E-state index contributed by atoms with van der Waals surface area (Å²) in [6.45, 7) is -0.0230. The van der Waals surface area contributed by atoms with E-state index in [1.165, 1.54) is 12.1 Å². The van der Waals surface area contributed by atoms with Crippen LogP contribution < -0.4 is 5.32 Å². The van der Waals surface area contributed by atoms with Gasteiger partial charge in [-0.25, -0.2) is 4.39 Å². The van der Waals surface area contributed by atoms with Crippen molar-refractivity contribution in [1.29, 1.82) is 0 Å². The number of hydrogen-bond acceptors (Lipinski definition) is 3. The molecule has 0 unspecified atom stereocenters. The second-order valence-electron chi connectivity index (χ2n) is 5.26. The van der Waals surface area contributed by atoms with Crippen LogP contribution in [-0.2, 0) is 0 Å². The zero-order valence-corrected chi connectivity index (χ0v) is 12.5. The molecule has 0 fully saturated rings. The molecule has 2 N–H and O–H groups in total. The third-order valence-corrected chi connectivity index (χ3v) is 3.64. The molecule has 1 atom stereocenters. The molecule has 3 nitrogen and oxygen atoms in total. The third kappa shape index (κ3) is 3.73. The standard InChI is InChI=1S/C19H17FN2O/c20-17-8-6-14(7-9-17)16-10-18(12-21-11-16)22-19(13-23)15-4-2-1-3-5-15/h1-12,19,22-23H,13H2/t19-/m0/s1. The van der Waals surface area contributed by atoms with Crippen LogP contribution in [0.5, 0.6) is 0 Å². The summed E-state index contributed by atoms with van der Waals surface area (Å²) < 4.78 is 13.0. The van der Waals surface area contributed by atoms with Crippen LogP contribution in [-0.4, -0.2) is 16.7 Å². The minimum Gasteiger partial charge on any atom is -0.394 e. The highest BCUT2D eigenvalue weighted by molar-refractivity contribution is 5.66. The first-order valence-electron chi connectivity index (χ1n) is 7.39. The molecular weight excluding hydrogens is 291 g/mol. The topological polar surface area (TPSA) is 45.1 Å². The molecule has 0 spiro atoms. The first-order valence-corrected chi connectivity index (χ1v) is 7.39. The molecule has 0 bridgehead atoms. The fourth-order valence-corrected chi connectivity index (χ4v) is 2.44. The predicted molar refractivity (Wildman–Crippen MR) is 89.5 cm³/mol. The maximum Gasteiger partial charge on any atom is 0.123 e. The minimum atomic E-state index is -0.264. The van der Waals surface area contributed by atoms with E-state index in [9.17, 15) is 9.50 Å². The Hall–Kier alpha value is -2.72. The molecular formula is C19H17FN2O. The summed E-state index contributed by atoms with van der Waals surface area (Å²) in [5.41, 5.74) is 3.58. The number of aliphatic hydroxyl groups is 1. The molecule has 0 aliphatic rings. The van der Waals surface area contributed by atoms with Crippen molar-refractivity contribution in [2.45, 2.75) is 6.04 Å². The van der Waals surface area contributed by atoms with E-state index in [2.05, 4.69) is 10.3 Å². The summed E-state index contributed by atoms with van der Waals surface area (Å²) in [6.07, 6.45) is 3.44. The SMILES string of the molecule is OC[C@H](Nc1cncc(-c2ccc(F)cc2)c1)c1ccccc1. The zero-order valence-electron chi connectivity index (χ0n) is 12.5. The number of pyridine rings is 1. The van der Waals surface area contributed by atoms with E-state index < -0.39 is 0 Å². The van der Waals surface area contributed by atoms with Gasteiger partial charge in [0.25, 0.3) is 0 Å². The lowest BCUT2D eigenvalue weighted by atomic mass is 10.1. The van der Waals surface area contributed by atoms with Gasteiger partial charge in [-0.15, -0.1) is 0 Å². The summed E-state index contributed by atoms with van der Waals surface area (Å²) in [6, 6.07) is 17.8. The van der Waals surface area contributed by atoms with Crippen LogP contribution in [0.25, 0.3) is 11.1 Å². The zero-order chi connectivity index (χ0) is 16.1. The molecule has 0 radical (unpaired) electrons. The van der Waals surface area contributed by atoms with Gasteiger partial charge in [0.15, 0.2) is 0 Å². The second-order valence-corrected chi connectivity index (χ2v) is 5.26. The lowest BCUT2D eigenvalue weighted by Crippen LogP contribution is -2.14. The molecule has 3 rings (SSSR count). The molecule has 23 heavy (non-hydrogen) atoms. The summed E-state index contributed by atoms with van der Waals surface area (Å²) >= 11 is 0. The van der Waals surface area contributed by atoms with Gasteiger partial charge in [-0.2, -0.15) is 0 Å². The molecule has 0 saturated heterocycles. The fraction of sp³-hybridized carbons (Fsp3) is 0.105. The average Bonchev–Trinajstić information content (AvgIpc) is 2.61. The van der Waals surface area contributed by atoms with Crippen LogP contribution in [0.1, 0.15) is 11.6 Å². The normalized spacial score (nSPS) is 11.9. The van der Waals surface area contributed by atoms with E-state index in [1.807, 2.05) is 36.4 Å². The van der Waals surface area contributed by atoms with Gasteiger partial charge in [-0.1, -0.05) is 42.5 Å². The van der Waals surface area contributed by atoms with Gasteiger partial charge in [0, 0.05) is 18.0 Å². The number of nitrogens with zero attached hydrogens (tertiary/aromatic N) is 1. The van der Waals surface area contributed by atoms with Crippen LogP contribution in [0.4, 0.5) is 10.1 Å². The van der Waals surface area contributed by atoms with Gasteiger partial charge in [-0.3, -0.25) is 4.98 Å². The second kappa shape index (κ2) is 7.03. The number of nitrogens with one attached hydrogen (secondary N) is 1. The Morgan fingerprint density at radius 1 is 0.957 bits per heavy atom. The van der Waals surface area contributed by atoms with Crippen molar-refractivity contribution >= 4 is 5.69 Å². The lowest BCUT2D eigenvalue weighted by Gasteiger charge is -2.18. The van der Waals surface area contributed by atoms with Gasteiger partial charge in [-0.05, 0) is 29.3 Å². The molecule has 0 amide bonds. The van der Waals surface area contributed by atoms with Crippen molar-refractivity contribution in [1.82, 2.24) is 4.98 Å². The summed E-state index contributed by atoms with van der Waals surface area (Å²) in [5, 5.41) is 12.9. The maximum absolute atomic E-state index is 13.0. The molecule has 0 saturated carbocycles. The van der Waals surface area contributed by atoms with E-state index >= 15 is 0 Å². The van der Waals surface area contributed by atoms with Crippen molar-refractivity contribution in [2.75, 3.05) is 11.9 Å². The van der Waals surface area contributed by atoms with Crippen LogP contribution in [0, 0.1) is 5.82 Å². The maximum atomic E-state index is 13.0. The van der Waals surface area contributed by atoms with Gasteiger partial charge in [0.05, 0.1) is 18.3 Å². The van der Waals surface area contributed by atoms with Crippen LogP contribution in [0.15, 0.2) is 73.1 Å². The Morgan fingerprint density at radius 3 is 2.39 bits per heavy atom. The Kier molecular flexibility index (Phi) is 4.64. The Balaban J connectivity index is 1.83. The van der Waals surface area contributed by atoms with E-state index in [4.69, 9.17) is 0 Å². The van der Waals surface area contributed by atoms with Gasteiger partial charge in [0.1, 0.15) is 5.82 Å². The summed E-state index contributed by atoms with van der Waals surface area (Å²) in [5.74, 6) is -0.264. The number of rotatable bonds is 5. The van der Waals surface area contributed by atoms with Gasteiger partial charge in [0.2, 0.25) is 0 Å². The Morgan fingerprint density at radius 2 is 1.70 bits per heavy atom. The molecule has 1 aromatic heterocycles. The summed E-state index contributed by atoms with van der Waals surface area (Å²) in [7, 11) is 0. The van der Waals surface area contributed by atoms with Crippen molar-refractivity contribution < 1.29 is 9.50 Å². The van der Waals surface area contributed by atoms with Crippen LogP contribution >= 0.6 is 0 Å². The molecule has 3 aromatic rings. The number of anilines is 1. The molecule has 2 aromatic carbocycles. The molecule has 4 heteroatoms. The average molecular weight is 308 g/mol. The molecule has 116 valence electrons. The van der Waals surface area contributed by atoms with Gasteiger partial charge < -0.3 is 10.4 Å². The van der Waals surface area contributed by atoms with E-state index in [-0.39, 0.29) is 18.5 Å². The van der Waals surface area contributed by atoms with Crippen molar-refractivity contribution in [3.63, 3.8) is 0 Å². The third-order valence-electron chi connectivity index (χ3n) is 3.64. The molecule has 0 aliphatic carbocycles. The highest BCUT2D eigenvalue weighted by Gasteiger charge is 2.10. The Labute approximate surface area is 134 Å². The van der Waals surface area contributed by atoms with Crippen molar-refractivity contribution in [3.8, 4) is 11.1 Å². The highest BCUT2D eigenvalue weighted by Crippen LogP contribution is 2.24. The monoisotopic (exact) mass is 308 g/mol. The number of aromatic nitrogens is 1. The first kappa shape index (κ1) is 15.2. The van der Waals surface area contributed by atoms with E-state index in [0.29, 0.717) is 0 Å². The number of halogens is 1. The lowest BCUT2D eigenvalue weighted by molar-refractivity contribution is 0.276. The predicted octanol–water partition coefficient (Wildman–Crippen LogP) is 4.03. The Bertz CT molecular complexity index is 760. The number of aliphatic hydroxyl groups excluding tert-OH is 1. The van der Waals surface area contributed by atoms with E-state index in [0.717, 1.165) is 22.4 Å². The highest BCUT2D eigenvalue weighted by atomic mass is 19.1. The van der Waals surface area contributed by atoms with Crippen LogP contribution in [0.3, 0.4) is 0 Å². The number of benzene rings is 2. The first-order chi connectivity index (χ1) is 11.3. The van der Waals surface area contributed by atoms with Crippen LogP contribution in [0.2, 0.25) is 0 Å². The number of hydrogen-bond donors (Lipinski definition) is 2. The largest absolute Gasteiger partial charge is 0.394 e. The fourth-order valence-electron chi connectivity index (χ4n) is 2.44.